The zero-order chi connectivity index (χ0) is 42.1. The van der Waals surface area contributed by atoms with E-state index >= 15 is 0 Å². The Morgan fingerprint density at radius 3 is 1.70 bits per heavy atom. The third kappa shape index (κ3) is 40.0. The number of nitrogens with two attached hydrogens (primary N) is 1. The molecule has 0 saturated heterocycles. The van der Waals surface area contributed by atoms with E-state index in [0.717, 1.165) is 25.7 Å². The maximum Gasteiger partial charge on any atom is 0.472 e. The number of esters is 2. The molecular weight excluding hydrogens is 745 g/mol. The Morgan fingerprint density at radius 2 is 1.16 bits per heavy atom. The summed E-state index contributed by atoms with van der Waals surface area (Å²) in [6.07, 6.45) is 41.5. The van der Waals surface area contributed by atoms with Crippen molar-refractivity contribution >= 4 is 19.8 Å². The highest BCUT2D eigenvalue weighted by molar-refractivity contribution is 7.47. The maximum absolute atomic E-state index is 12.6. The fourth-order valence-electron chi connectivity index (χ4n) is 5.54. The molecule has 0 aliphatic heterocycles. The summed E-state index contributed by atoms with van der Waals surface area (Å²) in [4.78, 5) is 34.8. The maximum atomic E-state index is 12.6. The average Bonchev–Trinajstić information content (AvgIpc) is 3.19. The number of aliphatic hydroxyl groups is 2. The van der Waals surface area contributed by atoms with Gasteiger partial charge in [-0.25, -0.2) is 4.57 Å². The molecule has 11 nitrogen and oxygen atoms in total. The molecule has 0 aliphatic carbocycles. The van der Waals surface area contributed by atoms with Crippen molar-refractivity contribution in [1.82, 2.24) is 0 Å². The molecule has 0 fully saturated rings. The van der Waals surface area contributed by atoms with E-state index in [1.165, 1.54) is 70.6 Å². The molecule has 0 heterocycles. The van der Waals surface area contributed by atoms with Crippen molar-refractivity contribution in [1.29, 1.82) is 0 Å². The lowest BCUT2D eigenvalue weighted by atomic mass is 10.0. The summed E-state index contributed by atoms with van der Waals surface area (Å²) in [5.41, 5.74) is 5.33. The second kappa shape index (κ2) is 40.2. The number of phosphoric acid groups is 1. The summed E-state index contributed by atoms with van der Waals surface area (Å²) >= 11 is 0. The Balaban J connectivity index is 4.41. The summed E-state index contributed by atoms with van der Waals surface area (Å²) in [7, 11) is -4.43. The van der Waals surface area contributed by atoms with E-state index in [-0.39, 0.29) is 32.6 Å². The molecule has 0 saturated carbocycles. The standard InChI is InChI=1S/C45H78NO10P/c1-3-5-7-8-9-10-11-12-13-14-15-16-17-21-29-35-44(49)53-39-43(40-55-57(51,52)54-38-37-46)56-45(50)36-30-22-19-18-20-26-32-42(48)34-28-24-23-27-33-41(47)31-25-6-4-2/h6,19-20,22-28,33-34,41-43,47-48H,3-5,7-18,21,29-32,35-40,46H2,1-2H3,(H,51,52)/b22-19-,24-23-,25-6-,26-20-,33-27+,34-28+/t41-,42+,43+/m0/s1. The van der Waals surface area contributed by atoms with Crippen LogP contribution in [0.4, 0.5) is 0 Å². The third-order valence-electron chi connectivity index (χ3n) is 8.79. The van der Waals surface area contributed by atoms with Gasteiger partial charge in [0.2, 0.25) is 0 Å². The van der Waals surface area contributed by atoms with Gasteiger partial charge in [-0.1, -0.05) is 177 Å². The largest absolute Gasteiger partial charge is 0.472 e. The fourth-order valence-corrected chi connectivity index (χ4v) is 6.31. The lowest BCUT2D eigenvalue weighted by molar-refractivity contribution is -0.161. The Hall–Kier alpha value is -2.63. The first kappa shape index (κ1) is 54.4. The van der Waals surface area contributed by atoms with Crippen molar-refractivity contribution in [2.75, 3.05) is 26.4 Å². The highest BCUT2D eigenvalue weighted by Gasteiger charge is 2.25. The van der Waals surface area contributed by atoms with Gasteiger partial charge in [-0.05, 0) is 38.5 Å². The molecule has 328 valence electrons. The van der Waals surface area contributed by atoms with E-state index in [9.17, 15) is 29.3 Å². The van der Waals surface area contributed by atoms with E-state index in [1.807, 2.05) is 43.4 Å². The van der Waals surface area contributed by atoms with Gasteiger partial charge in [0, 0.05) is 19.4 Å². The van der Waals surface area contributed by atoms with Crippen LogP contribution in [0.2, 0.25) is 0 Å². The van der Waals surface area contributed by atoms with Crippen LogP contribution in [0, 0.1) is 0 Å². The molecule has 0 aliphatic rings. The van der Waals surface area contributed by atoms with Crippen LogP contribution < -0.4 is 5.73 Å². The molecule has 0 radical (unpaired) electrons. The Bertz CT molecular complexity index is 1200. The fraction of sp³-hybridized carbons (Fsp3) is 0.689. The number of ether oxygens (including phenoxy) is 2. The highest BCUT2D eigenvalue weighted by Crippen LogP contribution is 2.43. The van der Waals surface area contributed by atoms with E-state index in [0.29, 0.717) is 32.1 Å². The monoisotopic (exact) mass is 824 g/mol. The topological polar surface area (TPSA) is 175 Å². The predicted octanol–water partition coefficient (Wildman–Crippen LogP) is 10.2. The van der Waals surface area contributed by atoms with Gasteiger partial charge in [0.25, 0.3) is 0 Å². The minimum absolute atomic E-state index is 0.0213. The van der Waals surface area contributed by atoms with Gasteiger partial charge in [-0.2, -0.15) is 0 Å². The lowest BCUT2D eigenvalue weighted by Gasteiger charge is -2.19. The molecule has 0 amide bonds. The highest BCUT2D eigenvalue weighted by atomic mass is 31.2. The molecule has 5 N–H and O–H groups in total. The lowest BCUT2D eigenvalue weighted by Crippen LogP contribution is -2.29. The second-order valence-corrected chi connectivity index (χ2v) is 15.7. The number of unbranched alkanes of at least 4 members (excludes halogenated alkanes) is 14. The molecule has 0 aromatic rings. The van der Waals surface area contributed by atoms with Crippen LogP contribution in [0.25, 0.3) is 0 Å². The number of carbonyl (C=O) groups excluding carboxylic acids is 2. The predicted molar refractivity (Wildman–Crippen MR) is 231 cm³/mol. The van der Waals surface area contributed by atoms with Gasteiger partial charge >= 0.3 is 19.8 Å². The van der Waals surface area contributed by atoms with Crippen LogP contribution in [0.3, 0.4) is 0 Å². The van der Waals surface area contributed by atoms with Crippen LogP contribution >= 0.6 is 7.82 Å². The normalized spacial score (nSPS) is 15.1. The Labute approximate surface area is 345 Å². The Morgan fingerprint density at radius 1 is 0.632 bits per heavy atom. The molecule has 0 bridgehead atoms. The van der Waals surface area contributed by atoms with E-state index in [1.54, 1.807) is 36.5 Å². The number of aliphatic hydroxyl groups excluding tert-OH is 2. The molecule has 0 spiro atoms. The first-order valence-electron chi connectivity index (χ1n) is 21.6. The summed E-state index contributed by atoms with van der Waals surface area (Å²) in [5.74, 6) is -0.998. The van der Waals surface area contributed by atoms with Gasteiger partial charge in [-0.15, -0.1) is 0 Å². The number of phosphoric ester groups is 1. The number of rotatable bonds is 39. The average molecular weight is 824 g/mol. The zero-order valence-electron chi connectivity index (χ0n) is 35.3. The summed E-state index contributed by atoms with van der Waals surface area (Å²) < 4.78 is 32.6. The molecule has 4 atom stereocenters. The SMILES string of the molecule is CC/C=C\C[C@H](O)/C=C/C=C\C=C\[C@H](O)C/C=C\C/C=C\CCC(=O)O[C@H](COC(=O)CCCCCCCCCCCCCCCCC)COP(=O)(O)OCCN. The van der Waals surface area contributed by atoms with Crippen molar-refractivity contribution in [3.8, 4) is 0 Å². The third-order valence-corrected chi connectivity index (χ3v) is 9.77. The molecule has 0 rings (SSSR count). The van der Waals surface area contributed by atoms with E-state index in [2.05, 4.69) is 6.92 Å². The van der Waals surface area contributed by atoms with E-state index in [4.69, 9.17) is 24.3 Å². The van der Waals surface area contributed by atoms with Gasteiger partial charge in [-0.3, -0.25) is 18.6 Å². The molecule has 0 aromatic carbocycles. The number of hydrogen-bond donors (Lipinski definition) is 4. The van der Waals surface area contributed by atoms with Crippen LogP contribution in [0.1, 0.15) is 155 Å². The first-order chi connectivity index (χ1) is 27.6. The van der Waals surface area contributed by atoms with Crippen molar-refractivity contribution in [2.24, 2.45) is 5.73 Å². The van der Waals surface area contributed by atoms with Gasteiger partial charge < -0.3 is 30.3 Å². The first-order valence-corrected chi connectivity index (χ1v) is 23.1. The number of allylic oxidation sites excluding steroid dienone is 8. The van der Waals surface area contributed by atoms with Gasteiger partial charge in [0.15, 0.2) is 6.10 Å². The summed E-state index contributed by atoms with van der Waals surface area (Å²) in [5, 5.41) is 19.9. The minimum atomic E-state index is -4.43. The van der Waals surface area contributed by atoms with Crippen molar-refractivity contribution < 1.29 is 47.8 Å². The smallest absolute Gasteiger partial charge is 0.462 e. The van der Waals surface area contributed by atoms with Gasteiger partial charge in [0.1, 0.15) is 6.61 Å². The second-order valence-electron chi connectivity index (χ2n) is 14.2. The summed E-state index contributed by atoms with van der Waals surface area (Å²) in [6.45, 7) is 3.33. The molecule has 0 aromatic heterocycles. The van der Waals surface area contributed by atoms with Crippen molar-refractivity contribution in [3.05, 3.63) is 72.9 Å². The Kier molecular flexibility index (Phi) is 38.3. The van der Waals surface area contributed by atoms with E-state index < -0.39 is 44.7 Å². The molecular formula is C45H78NO10P. The van der Waals surface area contributed by atoms with Crippen LogP contribution in [0.5, 0.6) is 0 Å². The van der Waals surface area contributed by atoms with Crippen LogP contribution in [-0.2, 0) is 32.7 Å². The van der Waals surface area contributed by atoms with Gasteiger partial charge in [0.05, 0.1) is 25.4 Å². The zero-order valence-corrected chi connectivity index (χ0v) is 36.2. The van der Waals surface area contributed by atoms with Crippen molar-refractivity contribution in [2.45, 2.75) is 173 Å². The molecule has 57 heavy (non-hydrogen) atoms. The number of hydrogen-bond acceptors (Lipinski definition) is 10. The quantitative estimate of drug-likeness (QED) is 0.0153. The summed E-state index contributed by atoms with van der Waals surface area (Å²) in [6, 6.07) is 0. The molecule has 12 heteroatoms. The minimum Gasteiger partial charge on any atom is -0.462 e. The molecule has 1 unspecified atom stereocenters. The van der Waals surface area contributed by atoms with Crippen LogP contribution in [-0.4, -0.2) is 71.7 Å². The van der Waals surface area contributed by atoms with Crippen molar-refractivity contribution in [3.63, 3.8) is 0 Å². The van der Waals surface area contributed by atoms with Crippen LogP contribution in [0.15, 0.2) is 72.9 Å². The number of carbonyl (C=O) groups is 2.